The second-order valence-corrected chi connectivity index (χ2v) is 9.90. The van der Waals surface area contributed by atoms with Gasteiger partial charge in [0.15, 0.2) is 5.82 Å². The fourth-order valence-electron chi connectivity index (χ4n) is 5.09. The fraction of sp³-hybridized carbons (Fsp3) is 0.467. The molecule has 40 heavy (non-hydrogen) atoms. The summed E-state index contributed by atoms with van der Waals surface area (Å²) < 4.78 is 16.9. The number of hydrogen-bond acceptors (Lipinski definition) is 8. The number of ether oxygens (including phenoxy) is 3. The van der Waals surface area contributed by atoms with Crippen molar-refractivity contribution in [2.24, 2.45) is 5.92 Å². The topological polar surface area (TPSA) is 119 Å². The molecule has 2 N–H and O–H groups in total. The standard InChI is InChI=1S/C30H39N5O5/c1-5-39-25-16-22(17-26(40-6-2)27(25)28-32-19-33-34-28)18-35(24-11-13-31-14-12-24)29(36)23-9-7-21(8-10-23)15-20(3)30(37)38-4/h7-10,16-17,19-20,24,31H,5-6,11-15,18H2,1-4H3,(H,32,33,34). The van der Waals surface area contributed by atoms with E-state index in [0.29, 0.717) is 54.6 Å². The summed E-state index contributed by atoms with van der Waals surface area (Å²) in [5.41, 5.74) is 3.18. The van der Waals surface area contributed by atoms with Crippen LogP contribution in [0, 0.1) is 5.92 Å². The number of piperidine rings is 1. The van der Waals surface area contributed by atoms with E-state index in [9.17, 15) is 9.59 Å². The molecule has 2 aromatic carbocycles. The molecular weight excluding hydrogens is 510 g/mol. The van der Waals surface area contributed by atoms with Crippen molar-refractivity contribution in [3.8, 4) is 22.9 Å². The van der Waals surface area contributed by atoms with Gasteiger partial charge in [0.25, 0.3) is 5.91 Å². The van der Waals surface area contributed by atoms with Gasteiger partial charge in [-0.25, -0.2) is 4.98 Å². The molecule has 3 aromatic rings. The number of H-pyrrole nitrogens is 1. The van der Waals surface area contributed by atoms with E-state index in [1.54, 1.807) is 0 Å². The van der Waals surface area contributed by atoms with Crippen molar-refractivity contribution in [3.63, 3.8) is 0 Å². The van der Waals surface area contributed by atoms with Crippen LogP contribution in [-0.2, 0) is 22.5 Å². The van der Waals surface area contributed by atoms with E-state index in [2.05, 4.69) is 20.5 Å². The van der Waals surface area contributed by atoms with Crippen LogP contribution in [0.15, 0.2) is 42.7 Å². The highest BCUT2D eigenvalue weighted by molar-refractivity contribution is 5.94. The van der Waals surface area contributed by atoms with Gasteiger partial charge in [0.2, 0.25) is 0 Å². The van der Waals surface area contributed by atoms with Gasteiger partial charge >= 0.3 is 5.97 Å². The van der Waals surface area contributed by atoms with Crippen molar-refractivity contribution >= 4 is 11.9 Å². The number of esters is 1. The molecule has 0 spiro atoms. The molecule has 0 radical (unpaired) electrons. The average molecular weight is 550 g/mol. The van der Waals surface area contributed by atoms with E-state index in [-0.39, 0.29) is 23.8 Å². The second-order valence-electron chi connectivity index (χ2n) is 9.90. The van der Waals surface area contributed by atoms with Crippen molar-refractivity contribution < 1.29 is 23.8 Å². The molecule has 1 atom stereocenters. The molecule has 2 heterocycles. The van der Waals surface area contributed by atoms with E-state index in [1.165, 1.54) is 13.4 Å². The van der Waals surface area contributed by atoms with Crippen LogP contribution in [-0.4, -0.2) is 71.4 Å². The summed E-state index contributed by atoms with van der Waals surface area (Å²) in [6.07, 6.45) is 3.81. The minimum absolute atomic E-state index is 0.0339. The van der Waals surface area contributed by atoms with Gasteiger partial charge in [-0.05, 0) is 81.6 Å². The molecule has 10 nitrogen and oxygen atoms in total. The van der Waals surface area contributed by atoms with Gasteiger partial charge in [-0.3, -0.25) is 14.7 Å². The summed E-state index contributed by atoms with van der Waals surface area (Å²) in [7, 11) is 1.40. The Balaban J connectivity index is 1.64. The molecule has 1 amide bonds. The highest BCUT2D eigenvalue weighted by Crippen LogP contribution is 2.39. The van der Waals surface area contributed by atoms with Crippen LogP contribution in [0.1, 0.15) is 55.1 Å². The molecule has 1 aliphatic heterocycles. The normalized spacial score (nSPS) is 14.4. The molecule has 1 aromatic heterocycles. The van der Waals surface area contributed by atoms with Crippen LogP contribution >= 0.6 is 0 Å². The van der Waals surface area contributed by atoms with Crippen LogP contribution in [0.25, 0.3) is 11.4 Å². The zero-order valence-electron chi connectivity index (χ0n) is 23.7. The third kappa shape index (κ3) is 6.98. The fourth-order valence-corrected chi connectivity index (χ4v) is 5.09. The Morgan fingerprint density at radius 2 is 1.68 bits per heavy atom. The van der Waals surface area contributed by atoms with E-state index < -0.39 is 0 Å². The minimum Gasteiger partial charge on any atom is -0.493 e. The molecule has 1 fully saturated rings. The first-order valence-corrected chi connectivity index (χ1v) is 13.9. The van der Waals surface area contributed by atoms with Gasteiger partial charge in [-0.15, -0.1) is 0 Å². The summed E-state index contributed by atoms with van der Waals surface area (Å²) in [6.45, 7) is 8.73. The number of aromatic amines is 1. The lowest BCUT2D eigenvalue weighted by molar-refractivity contribution is -0.144. The lowest BCUT2D eigenvalue weighted by atomic mass is 9.98. The van der Waals surface area contributed by atoms with Crippen LogP contribution in [0.4, 0.5) is 0 Å². The number of benzene rings is 2. The molecule has 10 heteroatoms. The van der Waals surface area contributed by atoms with Crippen molar-refractivity contribution in [2.45, 2.75) is 52.6 Å². The number of nitrogens with zero attached hydrogens (tertiary/aromatic N) is 3. The van der Waals surface area contributed by atoms with Crippen LogP contribution in [0.3, 0.4) is 0 Å². The summed E-state index contributed by atoms with van der Waals surface area (Å²) in [6, 6.07) is 11.5. The monoisotopic (exact) mass is 549 g/mol. The smallest absolute Gasteiger partial charge is 0.308 e. The number of aromatic nitrogens is 3. The van der Waals surface area contributed by atoms with Crippen LogP contribution in [0.2, 0.25) is 0 Å². The number of methoxy groups -OCH3 is 1. The SMILES string of the molecule is CCOc1cc(CN(C(=O)c2ccc(CC(C)C(=O)OC)cc2)C2CCNCC2)cc(OCC)c1-c1nc[nH]n1. The Hall–Kier alpha value is -3.92. The first-order valence-electron chi connectivity index (χ1n) is 13.9. The van der Waals surface area contributed by atoms with E-state index in [0.717, 1.165) is 37.1 Å². The number of carbonyl (C=O) groups is 2. The average Bonchev–Trinajstić information content (AvgIpc) is 3.51. The van der Waals surface area contributed by atoms with E-state index in [4.69, 9.17) is 14.2 Å². The van der Waals surface area contributed by atoms with E-state index >= 15 is 0 Å². The van der Waals surface area contributed by atoms with Crippen molar-refractivity contribution in [2.75, 3.05) is 33.4 Å². The third-order valence-electron chi connectivity index (χ3n) is 7.07. The summed E-state index contributed by atoms with van der Waals surface area (Å²) in [5, 5.41) is 10.4. The molecule has 4 rings (SSSR count). The molecule has 214 valence electrons. The van der Waals surface area contributed by atoms with Crippen molar-refractivity contribution in [3.05, 3.63) is 59.4 Å². The third-order valence-corrected chi connectivity index (χ3v) is 7.07. The summed E-state index contributed by atoms with van der Waals surface area (Å²) in [5.74, 6) is 1.19. The molecule has 0 aliphatic carbocycles. The summed E-state index contributed by atoms with van der Waals surface area (Å²) >= 11 is 0. The van der Waals surface area contributed by atoms with Crippen molar-refractivity contribution in [1.29, 1.82) is 0 Å². The lowest BCUT2D eigenvalue weighted by Gasteiger charge is -2.35. The summed E-state index contributed by atoms with van der Waals surface area (Å²) in [4.78, 5) is 32.1. The number of amides is 1. The largest absolute Gasteiger partial charge is 0.493 e. The zero-order valence-corrected chi connectivity index (χ0v) is 23.7. The molecule has 1 aliphatic rings. The molecule has 0 saturated carbocycles. The number of nitrogens with one attached hydrogen (secondary N) is 2. The number of hydrogen-bond donors (Lipinski definition) is 2. The lowest BCUT2D eigenvalue weighted by Crippen LogP contribution is -2.45. The van der Waals surface area contributed by atoms with Gasteiger partial charge in [0.1, 0.15) is 23.4 Å². The first-order chi connectivity index (χ1) is 19.4. The molecular formula is C30H39N5O5. The zero-order chi connectivity index (χ0) is 28.5. The quantitative estimate of drug-likeness (QED) is 0.325. The Kier molecular flexibility index (Phi) is 10.1. The maximum atomic E-state index is 14.0. The molecule has 1 unspecified atom stereocenters. The maximum Gasteiger partial charge on any atom is 0.308 e. The maximum absolute atomic E-state index is 14.0. The first kappa shape index (κ1) is 29.1. The Labute approximate surface area is 235 Å². The van der Waals surface area contributed by atoms with Gasteiger partial charge in [0.05, 0.1) is 26.2 Å². The predicted molar refractivity (Wildman–Crippen MR) is 151 cm³/mol. The van der Waals surface area contributed by atoms with Crippen LogP contribution < -0.4 is 14.8 Å². The highest BCUT2D eigenvalue weighted by atomic mass is 16.5. The Morgan fingerprint density at radius 3 is 2.23 bits per heavy atom. The Morgan fingerprint density at radius 1 is 1.02 bits per heavy atom. The number of carbonyl (C=O) groups excluding carboxylic acids is 2. The Bertz CT molecular complexity index is 1230. The van der Waals surface area contributed by atoms with Crippen molar-refractivity contribution in [1.82, 2.24) is 25.4 Å². The molecule has 1 saturated heterocycles. The van der Waals surface area contributed by atoms with Gasteiger partial charge in [-0.1, -0.05) is 19.1 Å². The molecule has 0 bridgehead atoms. The minimum atomic E-state index is -0.253. The number of rotatable bonds is 12. The van der Waals surface area contributed by atoms with Gasteiger partial charge in [-0.2, -0.15) is 5.10 Å². The predicted octanol–water partition coefficient (Wildman–Crippen LogP) is 4.02. The van der Waals surface area contributed by atoms with Gasteiger partial charge < -0.3 is 24.4 Å². The van der Waals surface area contributed by atoms with E-state index in [1.807, 2.05) is 62.1 Å². The highest BCUT2D eigenvalue weighted by Gasteiger charge is 2.28. The second kappa shape index (κ2) is 13.9. The van der Waals surface area contributed by atoms with Crippen LogP contribution in [0.5, 0.6) is 11.5 Å². The van der Waals surface area contributed by atoms with Gasteiger partial charge in [0, 0.05) is 18.2 Å².